The van der Waals surface area contributed by atoms with Gasteiger partial charge < -0.3 is 9.47 Å². The number of amides is 1. The number of rotatable bonds is 4. The molecule has 0 N–H and O–H groups in total. The molecule has 0 spiro atoms. The second-order valence-electron chi connectivity index (χ2n) is 3.98. The Hall–Kier alpha value is -1.47. The molecule has 1 aliphatic rings. The van der Waals surface area contributed by atoms with Crippen molar-refractivity contribution >= 4 is 12.1 Å². The predicted molar refractivity (Wildman–Crippen MR) is 53.8 cm³/mol. The van der Waals surface area contributed by atoms with Crippen LogP contribution < -0.4 is 0 Å². The lowest BCUT2D eigenvalue weighted by Gasteiger charge is -2.25. The van der Waals surface area contributed by atoms with Crippen molar-refractivity contribution in [1.29, 1.82) is 0 Å². The van der Waals surface area contributed by atoms with Crippen LogP contribution in [0.15, 0.2) is 0 Å². The molecule has 0 radical (unpaired) electrons. The summed E-state index contributed by atoms with van der Waals surface area (Å²) in [6.07, 6.45) is -5.04. The van der Waals surface area contributed by atoms with Crippen LogP contribution in [0.5, 0.6) is 0 Å². The molecule has 8 heteroatoms. The van der Waals surface area contributed by atoms with E-state index >= 15 is 0 Å². The topological polar surface area (TPSA) is 55.8 Å². The maximum absolute atomic E-state index is 11.9. The van der Waals surface area contributed by atoms with Crippen molar-refractivity contribution in [2.75, 3.05) is 20.3 Å². The maximum atomic E-state index is 11.9. The van der Waals surface area contributed by atoms with E-state index in [1.54, 1.807) is 6.92 Å². The summed E-state index contributed by atoms with van der Waals surface area (Å²) in [7, 11) is 1.22. The Labute approximate surface area is 102 Å². The van der Waals surface area contributed by atoms with Crippen LogP contribution >= 0.6 is 0 Å². The Bertz CT molecular complexity index is 339. The van der Waals surface area contributed by atoms with Gasteiger partial charge in [0.1, 0.15) is 5.54 Å². The zero-order valence-electron chi connectivity index (χ0n) is 10.0. The van der Waals surface area contributed by atoms with Gasteiger partial charge in [-0.1, -0.05) is 0 Å². The minimum Gasteiger partial charge on any atom is -0.464 e. The van der Waals surface area contributed by atoms with E-state index in [0.29, 0.717) is 12.8 Å². The van der Waals surface area contributed by atoms with E-state index in [9.17, 15) is 22.8 Å². The highest BCUT2D eigenvalue weighted by atomic mass is 19.4. The van der Waals surface area contributed by atoms with Gasteiger partial charge in [0.25, 0.3) is 0 Å². The second-order valence-corrected chi connectivity index (χ2v) is 3.98. The molecule has 0 aromatic carbocycles. The number of carbonyl (C=O) groups is 2. The van der Waals surface area contributed by atoms with E-state index in [1.165, 1.54) is 7.05 Å². The third-order valence-corrected chi connectivity index (χ3v) is 2.65. The molecule has 18 heavy (non-hydrogen) atoms. The molecule has 1 saturated carbocycles. The summed E-state index contributed by atoms with van der Waals surface area (Å²) in [5, 5.41) is 0. The lowest BCUT2D eigenvalue weighted by molar-refractivity contribution is -0.164. The Balaban J connectivity index is 2.56. The summed E-state index contributed by atoms with van der Waals surface area (Å²) in [4.78, 5) is 23.8. The summed E-state index contributed by atoms with van der Waals surface area (Å²) in [5.74, 6) is -0.614. The van der Waals surface area contributed by atoms with Crippen LogP contribution in [-0.2, 0) is 14.3 Å². The van der Waals surface area contributed by atoms with E-state index in [0.717, 1.165) is 4.90 Å². The fraction of sp³-hybridized carbons (Fsp3) is 0.800. The molecule has 0 unspecified atom stereocenters. The fourth-order valence-electron chi connectivity index (χ4n) is 1.48. The average Bonchev–Trinajstić information content (AvgIpc) is 3.05. The van der Waals surface area contributed by atoms with Crippen molar-refractivity contribution in [3.05, 3.63) is 0 Å². The van der Waals surface area contributed by atoms with E-state index in [1.807, 2.05) is 0 Å². The van der Waals surface area contributed by atoms with Crippen LogP contribution in [0.4, 0.5) is 18.0 Å². The quantitative estimate of drug-likeness (QED) is 0.729. The van der Waals surface area contributed by atoms with Gasteiger partial charge in [-0.05, 0) is 19.8 Å². The molecule has 1 fully saturated rings. The van der Waals surface area contributed by atoms with Gasteiger partial charge in [-0.25, -0.2) is 9.59 Å². The monoisotopic (exact) mass is 269 g/mol. The van der Waals surface area contributed by atoms with E-state index in [4.69, 9.17) is 4.74 Å². The highest BCUT2D eigenvalue weighted by Gasteiger charge is 2.57. The molecule has 0 bridgehead atoms. The second kappa shape index (κ2) is 5.03. The van der Waals surface area contributed by atoms with Gasteiger partial charge in [-0.15, -0.1) is 0 Å². The van der Waals surface area contributed by atoms with Crippen LogP contribution in [0.1, 0.15) is 19.8 Å². The molecule has 104 valence electrons. The SMILES string of the molecule is CCOC(=O)C1(N(C)C(=O)OCC(F)(F)F)CC1. The molecular formula is C10H14F3NO4. The van der Waals surface area contributed by atoms with Crippen LogP contribution in [0.2, 0.25) is 0 Å². The first-order valence-corrected chi connectivity index (χ1v) is 5.37. The van der Waals surface area contributed by atoms with Gasteiger partial charge >= 0.3 is 18.2 Å². The molecule has 0 aromatic rings. The Morgan fingerprint density at radius 2 is 1.83 bits per heavy atom. The molecule has 1 aliphatic carbocycles. The van der Waals surface area contributed by atoms with Crippen molar-refractivity contribution in [3.63, 3.8) is 0 Å². The van der Waals surface area contributed by atoms with Crippen molar-refractivity contribution in [1.82, 2.24) is 4.90 Å². The molecule has 0 aromatic heterocycles. The molecule has 1 rings (SSSR count). The summed E-state index contributed by atoms with van der Waals surface area (Å²) < 4.78 is 44.5. The molecule has 0 heterocycles. The molecular weight excluding hydrogens is 255 g/mol. The number of likely N-dealkylation sites (N-methyl/N-ethyl adjacent to an activating group) is 1. The van der Waals surface area contributed by atoms with Crippen LogP contribution in [0.3, 0.4) is 0 Å². The Morgan fingerprint density at radius 1 is 1.28 bits per heavy atom. The first-order valence-electron chi connectivity index (χ1n) is 5.37. The van der Waals surface area contributed by atoms with Crippen LogP contribution in [0.25, 0.3) is 0 Å². The number of hydrogen-bond donors (Lipinski definition) is 0. The van der Waals surface area contributed by atoms with Crippen molar-refractivity contribution in [2.24, 2.45) is 0 Å². The lowest BCUT2D eigenvalue weighted by atomic mass is 10.2. The summed E-state index contributed by atoms with van der Waals surface area (Å²) >= 11 is 0. The van der Waals surface area contributed by atoms with Gasteiger partial charge in [0, 0.05) is 7.05 Å². The first-order chi connectivity index (χ1) is 8.23. The summed E-state index contributed by atoms with van der Waals surface area (Å²) in [6, 6.07) is 0. The van der Waals surface area contributed by atoms with Gasteiger partial charge in [0.15, 0.2) is 6.61 Å². The molecule has 0 atom stereocenters. The van der Waals surface area contributed by atoms with Gasteiger partial charge in [-0.2, -0.15) is 13.2 Å². The van der Waals surface area contributed by atoms with Crippen LogP contribution in [0, 0.1) is 0 Å². The van der Waals surface area contributed by atoms with Crippen molar-refractivity contribution < 1.29 is 32.2 Å². The number of alkyl halides is 3. The number of hydrogen-bond acceptors (Lipinski definition) is 4. The van der Waals surface area contributed by atoms with Crippen molar-refractivity contribution in [3.8, 4) is 0 Å². The molecule has 0 aliphatic heterocycles. The number of nitrogens with zero attached hydrogens (tertiary/aromatic N) is 1. The average molecular weight is 269 g/mol. The van der Waals surface area contributed by atoms with Gasteiger partial charge in [0.05, 0.1) is 6.61 Å². The number of esters is 1. The van der Waals surface area contributed by atoms with E-state index in [-0.39, 0.29) is 6.61 Å². The lowest BCUT2D eigenvalue weighted by Crippen LogP contribution is -2.46. The number of ether oxygens (including phenoxy) is 2. The zero-order chi connectivity index (χ0) is 14.0. The Morgan fingerprint density at radius 3 is 2.22 bits per heavy atom. The third kappa shape index (κ3) is 3.27. The first kappa shape index (κ1) is 14.6. The number of halogens is 3. The van der Waals surface area contributed by atoms with Crippen molar-refractivity contribution in [2.45, 2.75) is 31.5 Å². The minimum absolute atomic E-state index is 0.145. The van der Waals surface area contributed by atoms with Gasteiger partial charge in [0.2, 0.25) is 0 Å². The highest BCUT2D eigenvalue weighted by Crippen LogP contribution is 2.42. The molecule has 5 nitrogen and oxygen atoms in total. The standard InChI is InChI=1S/C10H14F3NO4/c1-3-17-7(15)9(4-5-9)14(2)8(16)18-6-10(11,12)13/h3-6H2,1-2H3. The normalized spacial score (nSPS) is 16.9. The summed E-state index contributed by atoms with van der Waals surface area (Å²) in [6.45, 7) is 0.0804. The number of carbonyl (C=O) groups excluding carboxylic acids is 2. The van der Waals surface area contributed by atoms with Crippen LogP contribution in [-0.4, -0.2) is 48.9 Å². The minimum atomic E-state index is -4.59. The van der Waals surface area contributed by atoms with Gasteiger partial charge in [-0.3, -0.25) is 4.90 Å². The highest BCUT2D eigenvalue weighted by molar-refractivity contribution is 5.88. The molecule has 0 saturated heterocycles. The smallest absolute Gasteiger partial charge is 0.422 e. The fourth-order valence-corrected chi connectivity index (χ4v) is 1.48. The van der Waals surface area contributed by atoms with E-state index < -0.39 is 30.4 Å². The van der Waals surface area contributed by atoms with E-state index in [2.05, 4.69) is 4.74 Å². The maximum Gasteiger partial charge on any atom is 0.422 e. The largest absolute Gasteiger partial charge is 0.464 e. The summed E-state index contributed by atoms with van der Waals surface area (Å²) in [5.41, 5.74) is -1.15. The zero-order valence-corrected chi connectivity index (χ0v) is 10.0. The Kier molecular flexibility index (Phi) is 4.08. The third-order valence-electron chi connectivity index (χ3n) is 2.65. The molecule has 1 amide bonds. The predicted octanol–water partition coefficient (Wildman–Crippen LogP) is 1.71.